The van der Waals surface area contributed by atoms with E-state index in [0.717, 1.165) is 0 Å². The van der Waals surface area contributed by atoms with Crippen molar-refractivity contribution in [3.8, 4) is 0 Å². The van der Waals surface area contributed by atoms with E-state index in [2.05, 4.69) is 15.4 Å². The second kappa shape index (κ2) is 3.65. The fourth-order valence-electron chi connectivity index (χ4n) is 0.844. The number of nitrogens with zero attached hydrogens (tertiary/aromatic N) is 2. The Morgan fingerprint density at radius 2 is 1.46 bits per heavy atom. The molecule has 0 aliphatic carbocycles. The monoisotopic (exact) mass is 185 g/mol. The summed E-state index contributed by atoms with van der Waals surface area (Å²) < 4.78 is 0. The molecule has 7 nitrogen and oxygen atoms in total. The largest absolute Gasteiger partial charge is 0.481 e. The molecule has 0 atom stereocenters. The summed E-state index contributed by atoms with van der Waals surface area (Å²) in [5.74, 6) is -2.14. The van der Waals surface area contributed by atoms with Crippen LogP contribution < -0.4 is 0 Å². The van der Waals surface area contributed by atoms with Crippen LogP contribution in [0.15, 0.2) is 0 Å². The average Bonchev–Trinajstić information content (AvgIpc) is 2.34. The molecule has 0 spiro atoms. The second-order valence-electron chi connectivity index (χ2n) is 2.36. The third-order valence-electron chi connectivity index (χ3n) is 1.34. The normalized spacial score (nSPS) is 9.85. The summed E-state index contributed by atoms with van der Waals surface area (Å²) in [6.45, 7) is 0. The zero-order valence-corrected chi connectivity index (χ0v) is 6.52. The molecule has 70 valence electrons. The van der Waals surface area contributed by atoms with E-state index in [0.29, 0.717) is 0 Å². The van der Waals surface area contributed by atoms with E-state index in [1.807, 2.05) is 0 Å². The van der Waals surface area contributed by atoms with E-state index in [4.69, 9.17) is 10.2 Å². The molecule has 0 fully saturated rings. The Labute approximate surface area is 72.4 Å². The number of aromatic nitrogens is 3. The number of hydrogen-bond acceptors (Lipinski definition) is 4. The highest BCUT2D eigenvalue weighted by Crippen LogP contribution is 2.02. The minimum absolute atomic E-state index is 0.162. The summed E-state index contributed by atoms with van der Waals surface area (Å²) in [5, 5.41) is 26.1. The molecular formula is C6H7N3O4. The predicted octanol–water partition coefficient (Wildman–Crippen LogP) is -0.941. The van der Waals surface area contributed by atoms with E-state index in [9.17, 15) is 9.59 Å². The fourth-order valence-corrected chi connectivity index (χ4v) is 0.844. The zero-order chi connectivity index (χ0) is 9.84. The Balaban J connectivity index is 2.76. The highest BCUT2D eigenvalue weighted by Gasteiger charge is 2.13. The smallest absolute Gasteiger partial charge is 0.309 e. The summed E-state index contributed by atoms with van der Waals surface area (Å²) in [4.78, 5) is 20.6. The van der Waals surface area contributed by atoms with Crippen molar-refractivity contribution >= 4 is 11.9 Å². The molecule has 0 bridgehead atoms. The molecule has 0 aromatic carbocycles. The number of H-pyrrole nitrogens is 1. The van der Waals surface area contributed by atoms with Crippen molar-refractivity contribution in [1.29, 1.82) is 0 Å². The lowest BCUT2D eigenvalue weighted by molar-refractivity contribution is -0.137. The van der Waals surface area contributed by atoms with Crippen LogP contribution in [0.25, 0.3) is 0 Å². The van der Waals surface area contributed by atoms with Crippen molar-refractivity contribution in [2.45, 2.75) is 12.8 Å². The van der Waals surface area contributed by atoms with E-state index in [1.54, 1.807) is 0 Å². The third kappa shape index (κ3) is 2.55. The molecule has 1 heterocycles. The van der Waals surface area contributed by atoms with Crippen LogP contribution in [0, 0.1) is 0 Å². The summed E-state index contributed by atoms with van der Waals surface area (Å²) in [6, 6.07) is 0. The molecule has 0 radical (unpaired) electrons. The van der Waals surface area contributed by atoms with Gasteiger partial charge in [-0.05, 0) is 0 Å². The van der Waals surface area contributed by atoms with Crippen molar-refractivity contribution in [2.24, 2.45) is 0 Å². The SMILES string of the molecule is O=C(O)Cc1n[nH]nc1CC(=O)O. The number of carboxylic acid groups (broad SMARTS) is 2. The van der Waals surface area contributed by atoms with Crippen LogP contribution in [0.4, 0.5) is 0 Å². The average molecular weight is 185 g/mol. The van der Waals surface area contributed by atoms with Gasteiger partial charge in [-0.15, -0.1) is 0 Å². The number of carbonyl (C=O) groups is 2. The second-order valence-corrected chi connectivity index (χ2v) is 2.36. The number of nitrogens with one attached hydrogen (secondary N) is 1. The lowest BCUT2D eigenvalue weighted by atomic mass is 10.2. The standard InChI is InChI=1S/C6H7N3O4/c10-5(11)1-3-4(2-6(12)13)8-9-7-3/h1-2H2,(H,10,11)(H,12,13)(H,7,8,9). The van der Waals surface area contributed by atoms with Crippen molar-refractivity contribution < 1.29 is 19.8 Å². The minimum atomic E-state index is -1.07. The number of carboxylic acids is 2. The summed E-state index contributed by atoms with van der Waals surface area (Å²) >= 11 is 0. The molecule has 0 unspecified atom stereocenters. The van der Waals surface area contributed by atoms with E-state index in [1.165, 1.54) is 0 Å². The molecule has 1 rings (SSSR count). The molecular weight excluding hydrogens is 178 g/mol. The first-order valence-electron chi connectivity index (χ1n) is 3.41. The van der Waals surface area contributed by atoms with Gasteiger partial charge in [-0.2, -0.15) is 15.4 Å². The van der Waals surface area contributed by atoms with Gasteiger partial charge in [0.05, 0.1) is 24.2 Å². The first-order valence-corrected chi connectivity index (χ1v) is 3.41. The third-order valence-corrected chi connectivity index (χ3v) is 1.34. The highest BCUT2D eigenvalue weighted by molar-refractivity contribution is 5.72. The Hall–Kier alpha value is -1.92. The van der Waals surface area contributed by atoms with Gasteiger partial charge >= 0.3 is 11.9 Å². The molecule has 1 aromatic heterocycles. The van der Waals surface area contributed by atoms with Crippen molar-refractivity contribution in [2.75, 3.05) is 0 Å². The van der Waals surface area contributed by atoms with Crippen molar-refractivity contribution in [1.82, 2.24) is 15.4 Å². The van der Waals surface area contributed by atoms with Crippen molar-refractivity contribution in [3.05, 3.63) is 11.4 Å². The van der Waals surface area contributed by atoms with Crippen LogP contribution in [-0.2, 0) is 22.4 Å². The lowest BCUT2D eigenvalue weighted by Gasteiger charge is -1.92. The maximum atomic E-state index is 10.3. The van der Waals surface area contributed by atoms with Gasteiger partial charge in [0.25, 0.3) is 0 Å². The van der Waals surface area contributed by atoms with Gasteiger partial charge < -0.3 is 10.2 Å². The van der Waals surface area contributed by atoms with Crippen LogP contribution in [0.1, 0.15) is 11.4 Å². The molecule has 3 N–H and O–H groups in total. The van der Waals surface area contributed by atoms with Gasteiger partial charge in [-0.3, -0.25) is 9.59 Å². The summed E-state index contributed by atoms with van der Waals surface area (Å²) in [7, 11) is 0. The van der Waals surface area contributed by atoms with Gasteiger partial charge in [-0.1, -0.05) is 0 Å². The van der Waals surface area contributed by atoms with Gasteiger partial charge in [-0.25, -0.2) is 0 Å². The number of hydrogen-bond donors (Lipinski definition) is 3. The van der Waals surface area contributed by atoms with Gasteiger partial charge in [0.15, 0.2) is 0 Å². The predicted molar refractivity (Wildman–Crippen MR) is 39.1 cm³/mol. The molecule has 0 aliphatic heterocycles. The highest BCUT2D eigenvalue weighted by atomic mass is 16.4. The molecule has 0 saturated heterocycles. The molecule has 7 heteroatoms. The minimum Gasteiger partial charge on any atom is -0.481 e. The van der Waals surface area contributed by atoms with Crippen LogP contribution in [-0.4, -0.2) is 37.6 Å². The van der Waals surface area contributed by atoms with E-state index in [-0.39, 0.29) is 24.2 Å². The topological polar surface area (TPSA) is 116 Å². The van der Waals surface area contributed by atoms with Gasteiger partial charge in [0.2, 0.25) is 0 Å². The number of rotatable bonds is 4. The van der Waals surface area contributed by atoms with Crippen molar-refractivity contribution in [3.63, 3.8) is 0 Å². The molecule has 13 heavy (non-hydrogen) atoms. The van der Waals surface area contributed by atoms with Crippen LogP contribution in [0.3, 0.4) is 0 Å². The van der Waals surface area contributed by atoms with E-state index < -0.39 is 11.9 Å². The summed E-state index contributed by atoms with van der Waals surface area (Å²) in [5.41, 5.74) is 0.324. The molecule has 0 saturated carbocycles. The van der Waals surface area contributed by atoms with Gasteiger partial charge in [0, 0.05) is 0 Å². The number of aliphatic carboxylic acids is 2. The first-order chi connectivity index (χ1) is 6.09. The Morgan fingerprint density at radius 3 is 1.77 bits per heavy atom. The lowest BCUT2D eigenvalue weighted by Crippen LogP contribution is -2.07. The Morgan fingerprint density at radius 1 is 1.08 bits per heavy atom. The molecule has 0 aliphatic rings. The van der Waals surface area contributed by atoms with Crippen LogP contribution >= 0.6 is 0 Å². The quantitative estimate of drug-likeness (QED) is 0.557. The first kappa shape index (κ1) is 9.17. The maximum absolute atomic E-state index is 10.3. The Kier molecular flexibility index (Phi) is 2.58. The van der Waals surface area contributed by atoms with Crippen LogP contribution in [0.2, 0.25) is 0 Å². The fraction of sp³-hybridized carbons (Fsp3) is 0.333. The number of aromatic amines is 1. The van der Waals surface area contributed by atoms with Crippen LogP contribution in [0.5, 0.6) is 0 Å². The molecule has 1 aromatic rings. The van der Waals surface area contributed by atoms with Gasteiger partial charge in [0.1, 0.15) is 0 Å². The zero-order valence-electron chi connectivity index (χ0n) is 6.52. The summed E-state index contributed by atoms with van der Waals surface area (Å²) in [6.07, 6.45) is -0.641. The van der Waals surface area contributed by atoms with E-state index >= 15 is 0 Å². The Bertz CT molecular complexity index is 302. The molecule has 0 amide bonds. The maximum Gasteiger partial charge on any atom is 0.309 e.